The maximum atomic E-state index is 6.03. The van der Waals surface area contributed by atoms with Crippen molar-refractivity contribution in [1.29, 1.82) is 0 Å². The van der Waals surface area contributed by atoms with E-state index in [1.807, 2.05) is 13.8 Å². The lowest BCUT2D eigenvalue weighted by atomic mass is 10.3. The molecule has 14 heavy (non-hydrogen) atoms. The fourth-order valence-corrected chi connectivity index (χ4v) is 1.69. The lowest BCUT2D eigenvalue weighted by Crippen LogP contribution is -1.96. The quantitative estimate of drug-likeness (QED) is 0.557. The van der Waals surface area contributed by atoms with Crippen LogP contribution in [0.15, 0.2) is 6.07 Å². The summed E-state index contributed by atoms with van der Waals surface area (Å²) >= 11 is 11.7. The van der Waals surface area contributed by atoms with E-state index in [1.54, 1.807) is 10.6 Å². The number of aromatic nitrogens is 3. The van der Waals surface area contributed by atoms with Gasteiger partial charge >= 0.3 is 0 Å². The van der Waals surface area contributed by atoms with Crippen LogP contribution in [-0.4, -0.2) is 14.6 Å². The molecular weight excluding hydrogens is 221 g/mol. The van der Waals surface area contributed by atoms with Crippen molar-refractivity contribution in [3.05, 3.63) is 28.2 Å². The maximum absolute atomic E-state index is 6.03. The molecule has 0 aliphatic heterocycles. The van der Waals surface area contributed by atoms with Crippen LogP contribution in [0.1, 0.15) is 17.0 Å². The van der Waals surface area contributed by atoms with E-state index in [1.165, 1.54) is 0 Å². The highest BCUT2D eigenvalue weighted by atomic mass is 35.5. The van der Waals surface area contributed by atoms with Crippen LogP contribution in [-0.2, 0) is 5.88 Å². The molecule has 0 saturated carbocycles. The largest absolute Gasteiger partial charge is 0.232 e. The highest BCUT2D eigenvalue weighted by Crippen LogP contribution is 2.18. The molecule has 0 fully saturated rings. The summed E-state index contributed by atoms with van der Waals surface area (Å²) in [5.41, 5.74) is 3.53. The van der Waals surface area contributed by atoms with Crippen LogP contribution in [0.3, 0.4) is 0 Å². The van der Waals surface area contributed by atoms with E-state index in [9.17, 15) is 0 Å². The molecule has 2 rings (SSSR count). The molecule has 0 aliphatic rings. The minimum Gasteiger partial charge on any atom is -0.232 e. The first-order chi connectivity index (χ1) is 6.63. The molecule has 2 heterocycles. The Morgan fingerprint density at radius 2 is 2.14 bits per heavy atom. The summed E-state index contributed by atoms with van der Waals surface area (Å²) in [6, 6.07) is 1.73. The minimum absolute atomic E-state index is 0.361. The van der Waals surface area contributed by atoms with E-state index >= 15 is 0 Å². The molecule has 2 aromatic heterocycles. The monoisotopic (exact) mass is 229 g/mol. The van der Waals surface area contributed by atoms with Gasteiger partial charge in [0.05, 0.1) is 17.3 Å². The second-order valence-corrected chi connectivity index (χ2v) is 3.80. The molecule has 0 aliphatic carbocycles. The Balaban J connectivity index is 2.83. The molecule has 0 N–H and O–H groups in total. The van der Waals surface area contributed by atoms with Crippen LogP contribution in [0.4, 0.5) is 0 Å². The molecule has 74 valence electrons. The SMILES string of the molecule is Cc1nn2c(Cl)cc(CCl)nc2c1C. The fraction of sp³-hybridized carbons (Fsp3) is 0.333. The van der Waals surface area contributed by atoms with Crippen LogP contribution in [0.25, 0.3) is 5.65 Å². The predicted octanol–water partition coefficient (Wildman–Crippen LogP) is 2.74. The molecule has 0 unspecified atom stereocenters. The van der Waals surface area contributed by atoms with Gasteiger partial charge in [0.1, 0.15) is 5.15 Å². The van der Waals surface area contributed by atoms with Crippen molar-refractivity contribution in [2.45, 2.75) is 19.7 Å². The molecular formula is C9H9Cl2N3. The van der Waals surface area contributed by atoms with Crippen molar-refractivity contribution in [3.8, 4) is 0 Å². The van der Waals surface area contributed by atoms with Crippen molar-refractivity contribution in [2.75, 3.05) is 0 Å². The zero-order valence-corrected chi connectivity index (χ0v) is 9.39. The van der Waals surface area contributed by atoms with E-state index in [4.69, 9.17) is 23.2 Å². The third-order valence-corrected chi connectivity index (χ3v) is 2.75. The number of rotatable bonds is 1. The molecule has 0 aromatic carbocycles. The summed E-state index contributed by atoms with van der Waals surface area (Å²) in [4.78, 5) is 4.36. The van der Waals surface area contributed by atoms with Crippen LogP contribution < -0.4 is 0 Å². The second kappa shape index (κ2) is 3.41. The first-order valence-electron chi connectivity index (χ1n) is 4.21. The average Bonchev–Trinajstić information content (AvgIpc) is 2.45. The van der Waals surface area contributed by atoms with Gasteiger partial charge in [0.2, 0.25) is 0 Å². The second-order valence-electron chi connectivity index (χ2n) is 3.15. The van der Waals surface area contributed by atoms with Gasteiger partial charge in [-0.05, 0) is 19.9 Å². The van der Waals surface area contributed by atoms with Gasteiger partial charge in [-0.3, -0.25) is 0 Å². The molecule has 0 bridgehead atoms. The highest BCUT2D eigenvalue weighted by Gasteiger charge is 2.10. The Morgan fingerprint density at radius 3 is 2.79 bits per heavy atom. The van der Waals surface area contributed by atoms with Gasteiger partial charge in [-0.1, -0.05) is 11.6 Å². The van der Waals surface area contributed by atoms with Crippen molar-refractivity contribution in [3.63, 3.8) is 0 Å². The third kappa shape index (κ3) is 1.37. The lowest BCUT2D eigenvalue weighted by Gasteiger charge is -1.99. The smallest absolute Gasteiger partial charge is 0.160 e. The van der Waals surface area contributed by atoms with Gasteiger partial charge in [-0.25, -0.2) is 9.50 Å². The Kier molecular flexibility index (Phi) is 2.37. The normalized spacial score (nSPS) is 11.1. The predicted molar refractivity (Wildman–Crippen MR) is 57.0 cm³/mol. The van der Waals surface area contributed by atoms with E-state index in [2.05, 4.69) is 10.1 Å². The van der Waals surface area contributed by atoms with E-state index in [0.29, 0.717) is 11.0 Å². The van der Waals surface area contributed by atoms with Gasteiger partial charge < -0.3 is 0 Å². The number of aryl methyl sites for hydroxylation is 2. The molecule has 3 nitrogen and oxygen atoms in total. The minimum atomic E-state index is 0.361. The Bertz CT molecular complexity index is 490. The Labute approximate surface area is 91.7 Å². The van der Waals surface area contributed by atoms with Crippen LogP contribution in [0, 0.1) is 13.8 Å². The molecule has 0 amide bonds. The first-order valence-corrected chi connectivity index (χ1v) is 5.12. The number of hydrogen-bond acceptors (Lipinski definition) is 2. The van der Waals surface area contributed by atoms with E-state index in [0.717, 1.165) is 22.6 Å². The van der Waals surface area contributed by atoms with Gasteiger partial charge in [0, 0.05) is 5.56 Å². The summed E-state index contributed by atoms with van der Waals surface area (Å²) in [6.07, 6.45) is 0. The standard InChI is InChI=1S/C9H9Cl2N3/c1-5-6(2)13-14-8(11)3-7(4-10)12-9(5)14/h3H,4H2,1-2H3. The first kappa shape index (κ1) is 9.74. The molecule has 0 saturated heterocycles. The van der Waals surface area contributed by atoms with E-state index in [-0.39, 0.29) is 0 Å². The van der Waals surface area contributed by atoms with Gasteiger partial charge in [0.25, 0.3) is 0 Å². The molecule has 5 heteroatoms. The topological polar surface area (TPSA) is 30.2 Å². The fourth-order valence-electron chi connectivity index (χ4n) is 1.31. The average molecular weight is 230 g/mol. The number of alkyl halides is 1. The number of nitrogens with zero attached hydrogens (tertiary/aromatic N) is 3. The molecule has 0 radical (unpaired) electrons. The van der Waals surface area contributed by atoms with Crippen LogP contribution >= 0.6 is 23.2 Å². The summed E-state index contributed by atoms with van der Waals surface area (Å²) in [7, 11) is 0. The Morgan fingerprint density at radius 1 is 1.43 bits per heavy atom. The zero-order chi connectivity index (χ0) is 10.3. The van der Waals surface area contributed by atoms with Gasteiger partial charge in [-0.2, -0.15) is 5.10 Å². The number of hydrogen-bond donors (Lipinski definition) is 0. The van der Waals surface area contributed by atoms with Crippen LogP contribution in [0.2, 0.25) is 5.15 Å². The maximum Gasteiger partial charge on any atom is 0.160 e. The summed E-state index contributed by atoms with van der Waals surface area (Å²) in [5.74, 6) is 0.361. The molecule has 0 spiro atoms. The van der Waals surface area contributed by atoms with Crippen molar-refractivity contribution >= 4 is 28.8 Å². The third-order valence-electron chi connectivity index (χ3n) is 2.20. The van der Waals surface area contributed by atoms with E-state index < -0.39 is 0 Å². The number of halogens is 2. The zero-order valence-electron chi connectivity index (χ0n) is 7.88. The lowest BCUT2D eigenvalue weighted by molar-refractivity contribution is 0.908. The van der Waals surface area contributed by atoms with Crippen molar-refractivity contribution in [2.24, 2.45) is 0 Å². The summed E-state index contributed by atoms with van der Waals surface area (Å²) in [6.45, 7) is 3.90. The Hall–Kier alpha value is -0.800. The van der Waals surface area contributed by atoms with Crippen molar-refractivity contribution < 1.29 is 0 Å². The molecule has 2 aromatic rings. The summed E-state index contributed by atoms with van der Waals surface area (Å²) < 4.78 is 1.63. The van der Waals surface area contributed by atoms with Gasteiger partial charge in [0.15, 0.2) is 5.65 Å². The highest BCUT2D eigenvalue weighted by molar-refractivity contribution is 6.29. The van der Waals surface area contributed by atoms with Gasteiger partial charge in [-0.15, -0.1) is 11.6 Å². The van der Waals surface area contributed by atoms with Crippen LogP contribution in [0.5, 0.6) is 0 Å². The van der Waals surface area contributed by atoms with Crippen molar-refractivity contribution in [1.82, 2.24) is 14.6 Å². The summed E-state index contributed by atoms with van der Waals surface area (Å²) in [5, 5.41) is 4.81. The molecule has 0 atom stereocenters. The number of fused-ring (bicyclic) bond motifs is 1.